The molecule has 0 bridgehead atoms. The number of carbonyl (C=O) groups excluding carboxylic acids is 1. The van der Waals surface area contributed by atoms with Crippen LogP contribution in [-0.4, -0.2) is 13.0 Å². The van der Waals surface area contributed by atoms with Gasteiger partial charge in [-0.15, -0.1) is 0 Å². The first-order chi connectivity index (χ1) is 10.0. The highest BCUT2D eigenvalue weighted by molar-refractivity contribution is 9.10. The van der Waals surface area contributed by atoms with Crippen molar-refractivity contribution in [3.8, 4) is 5.75 Å². The third-order valence-corrected chi connectivity index (χ3v) is 4.08. The van der Waals surface area contributed by atoms with Crippen LogP contribution < -0.4 is 15.8 Å². The number of rotatable bonds is 5. The van der Waals surface area contributed by atoms with Crippen molar-refractivity contribution in [2.45, 2.75) is 13.5 Å². The summed E-state index contributed by atoms with van der Waals surface area (Å²) in [5.74, 6) is 0.217. The van der Waals surface area contributed by atoms with Gasteiger partial charge in [0.1, 0.15) is 5.75 Å². The molecule has 0 heterocycles. The highest BCUT2D eigenvalue weighted by Gasteiger charge is 2.08. The lowest BCUT2D eigenvalue weighted by atomic mass is 10.1. The molecule has 3 N–H and O–H groups in total. The number of hydrogen-bond acceptors (Lipinski definition) is 3. The SMILES string of the molecule is COc1ccc(C(N)=O)cc1NCc1ccc(Br)c(C)c1. The van der Waals surface area contributed by atoms with E-state index in [9.17, 15) is 4.79 Å². The number of hydrogen-bond donors (Lipinski definition) is 2. The Morgan fingerprint density at radius 3 is 2.67 bits per heavy atom. The predicted molar refractivity (Wildman–Crippen MR) is 87.7 cm³/mol. The second kappa shape index (κ2) is 6.63. The van der Waals surface area contributed by atoms with Gasteiger partial charge in [-0.05, 0) is 42.3 Å². The number of nitrogens with one attached hydrogen (secondary N) is 1. The monoisotopic (exact) mass is 348 g/mol. The Hall–Kier alpha value is -2.01. The van der Waals surface area contributed by atoms with Crippen molar-refractivity contribution in [2.24, 2.45) is 5.73 Å². The van der Waals surface area contributed by atoms with Crippen LogP contribution in [0.2, 0.25) is 0 Å². The minimum atomic E-state index is -0.458. The molecule has 0 aliphatic carbocycles. The fourth-order valence-corrected chi connectivity index (χ4v) is 2.26. The number of halogens is 1. The van der Waals surface area contributed by atoms with Crippen molar-refractivity contribution in [1.29, 1.82) is 0 Å². The number of methoxy groups -OCH3 is 1. The van der Waals surface area contributed by atoms with Gasteiger partial charge in [0.05, 0.1) is 12.8 Å². The number of carbonyl (C=O) groups is 1. The Bertz CT molecular complexity index is 671. The van der Waals surface area contributed by atoms with Gasteiger partial charge in [0.25, 0.3) is 0 Å². The molecule has 21 heavy (non-hydrogen) atoms. The summed E-state index contributed by atoms with van der Waals surface area (Å²) in [6.45, 7) is 2.68. The highest BCUT2D eigenvalue weighted by Crippen LogP contribution is 2.26. The quantitative estimate of drug-likeness (QED) is 0.869. The molecule has 0 fully saturated rings. The van der Waals surface area contributed by atoms with Gasteiger partial charge in [-0.3, -0.25) is 4.79 Å². The maximum Gasteiger partial charge on any atom is 0.248 e. The van der Waals surface area contributed by atoms with E-state index in [1.807, 2.05) is 19.1 Å². The van der Waals surface area contributed by atoms with Crippen LogP contribution in [0, 0.1) is 6.92 Å². The van der Waals surface area contributed by atoms with E-state index in [1.165, 1.54) is 5.56 Å². The lowest BCUT2D eigenvalue weighted by Gasteiger charge is -2.13. The lowest BCUT2D eigenvalue weighted by Crippen LogP contribution is -2.11. The van der Waals surface area contributed by atoms with Gasteiger partial charge in [-0.25, -0.2) is 0 Å². The molecule has 2 rings (SSSR count). The van der Waals surface area contributed by atoms with Crippen molar-refractivity contribution in [1.82, 2.24) is 0 Å². The average molecular weight is 349 g/mol. The summed E-state index contributed by atoms with van der Waals surface area (Å²) in [6, 6.07) is 11.2. The number of primary amides is 1. The van der Waals surface area contributed by atoms with Gasteiger partial charge in [0.15, 0.2) is 0 Å². The zero-order valence-electron chi connectivity index (χ0n) is 11.9. The number of benzene rings is 2. The van der Waals surface area contributed by atoms with E-state index in [0.717, 1.165) is 15.7 Å². The molecule has 1 amide bonds. The van der Waals surface area contributed by atoms with E-state index in [-0.39, 0.29) is 0 Å². The van der Waals surface area contributed by atoms with E-state index < -0.39 is 5.91 Å². The van der Waals surface area contributed by atoms with Gasteiger partial charge < -0.3 is 15.8 Å². The first-order valence-corrected chi connectivity index (χ1v) is 7.27. The Morgan fingerprint density at radius 1 is 1.29 bits per heavy atom. The number of ether oxygens (including phenoxy) is 1. The van der Waals surface area contributed by atoms with Crippen molar-refractivity contribution in [3.05, 3.63) is 57.6 Å². The standard InChI is InChI=1S/C16H17BrN2O2/c1-10-7-11(3-5-13(10)17)9-19-14-8-12(16(18)20)4-6-15(14)21-2/h3-8,19H,9H2,1-2H3,(H2,18,20). The average Bonchev–Trinajstić information content (AvgIpc) is 2.48. The van der Waals surface area contributed by atoms with Crippen LogP contribution in [0.4, 0.5) is 5.69 Å². The van der Waals surface area contributed by atoms with E-state index in [4.69, 9.17) is 10.5 Å². The highest BCUT2D eigenvalue weighted by atomic mass is 79.9. The molecule has 0 atom stereocenters. The van der Waals surface area contributed by atoms with Crippen molar-refractivity contribution in [3.63, 3.8) is 0 Å². The maximum atomic E-state index is 11.3. The third kappa shape index (κ3) is 3.76. The molecule has 0 aliphatic heterocycles. The van der Waals surface area contributed by atoms with Crippen LogP contribution in [0.15, 0.2) is 40.9 Å². The Labute approximate surface area is 132 Å². The molecule has 0 spiro atoms. The van der Waals surface area contributed by atoms with Crippen LogP contribution in [-0.2, 0) is 6.54 Å². The van der Waals surface area contributed by atoms with E-state index in [1.54, 1.807) is 25.3 Å². The number of nitrogens with two attached hydrogens (primary N) is 1. The summed E-state index contributed by atoms with van der Waals surface area (Å²) in [4.78, 5) is 11.3. The fraction of sp³-hybridized carbons (Fsp3) is 0.188. The minimum Gasteiger partial charge on any atom is -0.495 e. The summed E-state index contributed by atoms with van der Waals surface area (Å²) in [5, 5.41) is 3.27. The van der Waals surface area contributed by atoms with E-state index in [2.05, 4.69) is 27.3 Å². The van der Waals surface area contributed by atoms with E-state index in [0.29, 0.717) is 17.9 Å². The molecule has 4 nitrogen and oxygen atoms in total. The van der Waals surface area contributed by atoms with Crippen LogP contribution in [0.1, 0.15) is 21.5 Å². The van der Waals surface area contributed by atoms with Gasteiger partial charge >= 0.3 is 0 Å². The molecule has 0 saturated heterocycles. The summed E-state index contributed by atoms with van der Waals surface area (Å²) < 4.78 is 6.37. The first kappa shape index (κ1) is 15.4. The molecule has 0 aromatic heterocycles. The minimum absolute atomic E-state index is 0.449. The van der Waals surface area contributed by atoms with Crippen molar-refractivity contribution in [2.75, 3.05) is 12.4 Å². The van der Waals surface area contributed by atoms with Gasteiger partial charge in [-0.2, -0.15) is 0 Å². The second-order valence-corrected chi connectivity index (χ2v) is 5.57. The van der Waals surface area contributed by atoms with Crippen LogP contribution >= 0.6 is 15.9 Å². The summed E-state index contributed by atoms with van der Waals surface area (Å²) >= 11 is 3.48. The smallest absolute Gasteiger partial charge is 0.248 e. The van der Waals surface area contributed by atoms with Crippen LogP contribution in [0.25, 0.3) is 0 Å². The number of amides is 1. The van der Waals surface area contributed by atoms with Crippen LogP contribution in [0.5, 0.6) is 5.75 Å². The lowest BCUT2D eigenvalue weighted by molar-refractivity contribution is 0.100. The van der Waals surface area contributed by atoms with Gasteiger partial charge in [0.2, 0.25) is 5.91 Å². The zero-order valence-corrected chi connectivity index (χ0v) is 13.5. The molecule has 0 aliphatic rings. The molecule has 2 aromatic carbocycles. The summed E-state index contributed by atoms with van der Waals surface area (Å²) in [7, 11) is 1.59. The van der Waals surface area contributed by atoms with Crippen LogP contribution in [0.3, 0.4) is 0 Å². The molecule has 0 unspecified atom stereocenters. The van der Waals surface area contributed by atoms with Gasteiger partial charge in [-0.1, -0.05) is 28.1 Å². The van der Waals surface area contributed by atoms with Gasteiger partial charge in [0, 0.05) is 16.6 Å². The Balaban J connectivity index is 2.19. The topological polar surface area (TPSA) is 64.3 Å². The second-order valence-electron chi connectivity index (χ2n) is 4.72. The Morgan fingerprint density at radius 2 is 2.05 bits per heavy atom. The number of anilines is 1. The molecule has 110 valence electrons. The summed E-state index contributed by atoms with van der Waals surface area (Å²) in [6.07, 6.45) is 0. The predicted octanol–water partition coefficient (Wildman–Crippen LogP) is 3.48. The fourth-order valence-electron chi connectivity index (χ4n) is 2.01. The molecule has 5 heteroatoms. The van der Waals surface area contributed by atoms with Crippen molar-refractivity contribution >= 4 is 27.5 Å². The Kier molecular flexibility index (Phi) is 4.85. The largest absolute Gasteiger partial charge is 0.495 e. The maximum absolute atomic E-state index is 11.3. The molecule has 2 aromatic rings. The van der Waals surface area contributed by atoms with Crippen molar-refractivity contribution < 1.29 is 9.53 Å². The normalized spacial score (nSPS) is 10.2. The number of aryl methyl sites for hydroxylation is 1. The van der Waals surface area contributed by atoms with E-state index >= 15 is 0 Å². The first-order valence-electron chi connectivity index (χ1n) is 6.48. The zero-order chi connectivity index (χ0) is 15.4. The third-order valence-electron chi connectivity index (χ3n) is 3.19. The molecule has 0 saturated carbocycles. The summed E-state index contributed by atoms with van der Waals surface area (Å²) in [5.41, 5.74) is 8.81. The molecular formula is C16H17BrN2O2. The molecular weight excluding hydrogens is 332 g/mol. The molecule has 0 radical (unpaired) electrons.